The summed E-state index contributed by atoms with van der Waals surface area (Å²) in [5.74, 6) is 1.80. The van der Waals surface area contributed by atoms with E-state index in [4.69, 9.17) is 21.1 Å². The van der Waals surface area contributed by atoms with E-state index in [0.717, 1.165) is 25.7 Å². The number of ether oxygens (including phenoxy) is 2. The van der Waals surface area contributed by atoms with Crippen LogP contribution in [0.25, 0.3) is 0 Å². The van der Waals surface area contributed by atoms with Gasteiger partial charge in [-0.25, -0.2) is 0 Å². The number of hydrogen-bond acceptors (Lipinski definition) is 4. The van der Waals surface area contributed by atoms with Gasteiger partial charge in [0, 0.05) is 37.7 Å². The van der Waals surface area contributed by atoms with Crippen molar-refractivity contribution in [2.24, 2.45) is 11.8 Å². The lowest BCUT2D eigenvalue weighted by atomic mass is 9.84. The minimum atomic E-state index is -0.102. The van der Waals surface area contributed by atoms with Crippen LogP contribution in [0.2, 0.25) is 5.02 Å². The van der Waals surface area contributed by atoms with Gasteiger partial charge in [0.1, 0.15) is 0 Å². The molecule has 1 aliphatic carbocycles. The van der Waals surface area contributed by atoms with Crippen molar-refractivity contribution in [1.29, 1.82) is 0 Å². The summed E-state index contributed by atoms with van der Waals surface area (Å²) in [4.78, 5) is 29.0. The molecule has 3 rings (SSSR count). The van der Waals surface area contributed by atoms with Crippen LogP contribution in [0.4, 0.5) is 0 Å². The molecule has 2 aliphatic rings. The second-order valence-corrected chi connectivity index (χ2v) is 8.67. The molecule has 1 saturated carbocycles. The van der Waals surface area contributed by atoms with Gasteiger partial charge in [-0.3, -0.25) is 9.59 Å². The Morgan fingerprint density at radius 1 is 1.14 bits per heavy atom. The molecule has 160 valence electrons. The van der Waals surface area contributed by atoms with Crippen LogP contribution in [0, 0.1) is 11.8 Å². The molecule has 29 heavy (non-hydrogen) atoms. The van der Waals surface area contributed by atoms with Crippen molar-refractivity contribution in [3.63, 3.8) is 0 Å². The first-order chi connectivity index (χ1) is 13.9. The number of halogens is 1. The highest BCUT2D eigenvalue weighted by atomic mass is 35.5. The number of carbonyl (C=O) groups excluding carboxylic acids is 2. The Balaban J connectivity index is 1.63. The van der Waals surface area contributed by atoms with E-state index in [2.05, 4.69) is 13.8 Å². The van der Waals surface area contributed by atoms with Gasteiger partial charge < -0.3 is 19.3 Å². The molecule has 0 unspecified atom stereocenters. The van der Waals surface area contributed by atoms with E-state index in [1.807, 2.05) is 4.90 Å². The maximum atomic E-state index is 13.0. The van der Waals surface area contributed by atoms with Crippen LogP contribution in [0.1, 0.15) is 49.9 Å². The van der Waals surface area contributed by atoms with Gasteiger partial charge in [-0.1, -0.05) is 31.9 Å². The average molecular weight is 423 g/mol. The monoisotopic (exact) mass is 422 g/mol. The van der Waals surface area contributed by atoms with Gasteiger partial charge >= 0.3 is 0 Å². The van der Waals surface area contributed by atoms with Crippen molar-refractivity contribution in [3.05, 3.63) is 22.7 Å². The van der Waals surface area contributed by atoms with Crippen molar-refractivity contribution in [1.82, 2.24) is 9.80 Å². The number of hydrogen-bond donors (Lipinski definition) is 0. The summed E-state index contributed by atoms with van der Waals surface area (Å²) in [5, 5.41) is 0.371. The normalized spacial score (nSPS) is 17.3. The van der Waals surface area contributed by atoms with E-state index < -0.39 is 0 Å². The molecule has 2 fully saturated rings. The first-order valence-corrected chi connectivity index (χ1v) is 10.9. The number of benzene rings is 1. The molecule has 1 aromatic rings. The number of methoxy groups -OCH3 is 1. The van der Waals surface area contributed by atoms with Crippen LogP contribution in [0.5, 0.6) is 11.5 Å². The molecule has 0 atom stereocenters. The van der Waals surface area contributed by atoms with Gasteiger partial charge in [0.2, 0.25) is 5.91 Å². The number of amides is 2. The Morgan fingerprint density at radius 3 is 2.34 bits per heavy atom. The molecule has 0 aromatic heterocycles. The molecule has 1 heterocycles. The van der Waals surface area contributed by atoms with E-state index in [-0.39, 0.29) is 17.7 Å². The summed E-state index contributed by atoms with van der Waals surface area (Å²) in [6, 6.07) is 3.33. The lowest BCUT2D eigenvalue weighted by Gasteiger charge is -2.38. The number of nitrogens with zero attached hydrogens (tertiary/aromatic N) is 2. The highest BCUT2D eigenvalue weighted by molar-refractivity contribution is 6.32. The molecule has 1 saturated heterocycles. The van der Waals surface area contributed by atoms with Gasteiger partial charge in [-0.15, -0.1) is 0 Å². The Hall–Kier alpha value is -1.95. The van der Waals surface area contributed by atoms with Gasteiger partial charge in [0.25, 0.3) is 5.91 Å². The zero-order chi connectivity index (χ0) is 21.0. The van der Waals surface area contributed by atoms with E-state index in [9.17, 15) is 9.59 Å². The minimum Gasteiger partial charge on any atom is -0.493 e. The fourth-order valence-electron chi connectivity index (χ4n) is 3.61. The minimum absolute atomic E-state index is 0.102. The van der Waals surface area contributed by atoms with E-state index in [1.165, 1.54) is 0 Å². The van der Waals surface area contributed by atoms with Crippen molar-refractivity contribution in [3.8, 4) is 11.5 Å². The molecule has 1 aliphatic heterocycles. The topological polar surface area (TPSA) is 59.1 Å². The Bertz CT molecular complexity index is 741. The zero-order valence-electron chi connectivity index (χ0n) is 17.6. The Morgan fingerprint density at radius 2 is 1.79 bits per heavy atom. The molecule has 0 bridgehead atoms. The van der Waals surface area contributed by atoms with Gasteiger partial charge in [-0.2, -0.15) is 0 Å². The highest BCUT2D eigenvalue weighted by Gasteiger charge is 2.32. The number of carbonyl (C=O) groups is 2. The van der Waals surface area contributed by atoms with E-state index in [1.54, 1.807) is 24.1 Å². The highest BCUT2D eigenvalue weighted by Crippen LogP contribution is 2.37. The van der Waals surface area contributed by atoms with Crippen LogP contribution < -0.4 is 9.47 Å². The van der Waals surface area contributed by atoms with Gasteiger partial charge in [-0.05, 0) is 37.3 Å². The van der Waals surface area contributed by atoms with Crippen LogP contribution in [0.3, 0.4) is 0 Å². The summed E-state index contributed by atoms with van der Waals surface area (Å²) < 4.78 is 11.2. The molecule has 2 amide bonds. The number of rotatable bonds is 7. The Labute approximate surface area is 178 Å². The third kappa shape index (κ3) is 5.16. The molecule has 0 N–H and O–H groups in total. The Kier molecular flexibility index (Phi) is 7.28. The number of piperazine rings is 1. The first kappa shape index (κ1) is 21.8. The average Bonchev–Trinajstić information content (AvgIpc) is 2.66. The molecule has 6 nitrogen and oxygen atoms in total. The van der Waals surface area contributed by atoms with E-state index in [0.29, 0.717) is 60.8 Å². The second-order valence-electron chi connectivity index (χ2n) is 8.27. The molecular formula is C22H31ClN2O4. The summed E-state index contributed by atoms with van der Waals surface area (Å²) in [5.41, 5.74) is 0.474. The summed E-state index contributed by atoms with van der Waals surface area (Å²) >= 11 is 6.40. The molecular weight excluding hydrogens is 392 g/mol. The smallest absolute Gasteiger partial charge is 0.254 e. The molecule has 0 spiro atoms. The lowest BCUT2D eigenvalue weighted by Crippen LogP contribution is -2.52. The van der Waals surface area contributed by atoms with Crippen molar-refractivity contribution in [2.45, 2.75) is 39.5 Å². The fraction of sp³-hybridized carbons (Fsp3) is 0.636. The third-order valence-electron chi connectivity index (χ3n) is 5.75. The zero-order valence-corrected chi connectivity index (χ0v) is 18.3. The van der Waals surface area contributed by atoms with Crippen LogP contribution in [0.15, 0.2) is 12.1 Å². The molecule has 1 aromatic carbocycles. The SMILES string of the molecule is COc1cc(C(=O)N2CCN(C(=O)C3CCC3)CC2)cc(Cl)c1OCCC(C)C. The summed E-state index contributed by atoms with van der Waals surface area (Å²) in [6.07, 6.45) is 4.06. The predicted molar refractivity (Wildman–Crippen MR) is 113 cm³/mol. The fourth-order valence-corrected chi connectivity index (χ4v) is 3.87. The van der Waals surface area contributed by atoms with Gasteiger partial charge in [0.15, 0.2) is 11.5 Å². The third-order valence-corrected chi connectivity index (χ3v) is 6.03. The van der Waals surface area contributed by atoms with Gasteiger partial charge in [0.05, 0.1) is 18.7 Å². The van der Waals surface area contributed by atoms with Crippen molar-refractivity contribution >= 4 is 23.4 Å². The maximum absolute atomic E-state index is 13.0. The standard InChI is InChI=1S/C22H31ClN2O4/c1-15(2)7-12-29-20-18(23)13-17(14-19(20)28-3)22(27)25-10-8-24(9-11-25)21(26)16-5-4-6-16/h13-16H,4-12H2,1-3H3. The summed E-state index contributed by atoms with van der Waals surface area (Å²) in [6.45, 7) is 7.03. The second kappa shape index (κ2) is 9.70. The van der Waals surface area contributed by atoms with E-state index >= 15 is 0 Å². The maximum Gasteiger partial charge on any atom is 0.254 e. The van der Waals surface area contributed by atoms with Crippen LogP contribution in [-0.4, -0.2) is 61.5 Å². The predicted octanol–water partition coefficient (Wildman–Crippen LogP) is 3.86. The van der Waals surface area contributed by atoms with Crippen molar-refractivity contribution in [2.75, 3.05) is 39.9 Å². The summed E-state index contributed by atoms with van der Waals surface area (Å²) in [7, 11) is 1.54. The quantitative estimate of drug-likeness (QED) is 0.669. The van der Waals surface area contributed by atoms with Crippen molar-refractivity contribution < 1.29 is 19.1 Å². The lowest BCUT2D eigenvalue weighted by molar-refractivity contribution is -0.139. The first-order valence-electron chi connectivity index (χ1n) is 10.5. The van der Waals surface area contributed by atoms with Crippen LogP contribution in [-0.2, 0) is 4.79 Å². The largest absolute Gasteiger partial charge is 0.493 e. The van der Waals surface area contributed by atoms with Crippen LogP contribution >= 0.6 is 11.6 Å². The molecule has 7 heteroatoms. The molecule has 0 radical (unpaired) electrons.